The molecule has 0 aliphatic carbocycles. The third-order valence-corrected chi connectivity index (χ3v) is 3.24. The minimum Gasteiger partial charge on any atom is -0.399 e. The van der Waals surface area contributed by atoms with Gasteiger partial charge in [0.05, 0.1) is 11.8 Å². The van der Waals surface area contributed by atoms with E-state index in [-0.39, 0.29) is 17.4 Å². The van der Waals surface area contributed by atoms with Gasteiger partial charge in [-0.3, -0.25) is 9.59 Å². The highest BCUT2D eigenvalue weighted by atomic mass is 32.1. The number of nitrogens with zero attached hydrogens (tertiary/aromatic N) is 1. The molecule has 1 aromatic carbocycles. The molecule has 4 nitrogen and oxygen atoms in total. The smallest absolute Gasteiger partial charge is 0.237 e. The second-order valence-electron chi connectivity index (χ2n) is 4.14. The van der Waals surface area contributed by atoms with Gasteiger partial charge in [0.15, 0.2) is 5.78 Å². The molecule has 1 unspecified atom stereocenters. The van der Waals surface area contributed by atoms with Crippen LogP contribution in [0.5, 0.6) is 0 Å². The number of carbonyl (C=O) groups excluding carboxylic acids is 2. The summed E-state index contributed by atoms with van der Waals surface area (Å²) in [7, 11) is 0. The molecule has 0 radical (unpaired) electrons. The minimum absolute atomic E-state index is 0.0186. The fraction of sp³-hybridized carbons (Fsp3) is 0.429. The summed E-state index contributed by atoms with van der Waals surface area (Å²) < 4.78 is 0. The summed E-state index contributed by atoms with van der Waals surface area (Å²) in [6, 6.07) is 4.97. The number of ketones is 1. The predicted octanol–water partition coefficient (Wildman–Crippen LogP) is 2.07. The number of fused-ring (bicyclic) bond motifs is 1. The monoisotopic (exact) mass is 280 g/mol. The molecular formula is C14H20N2O2S. The fourth-order valence-corrected chi connectivity index (χ4v) is 2.31. The second kappa shape index (κ2) is 6.61. The van der Waals surface area contributed by atoms with Gasteiger partial charge in [-0.25, -0.2) is 0 Å². The van der Waals surface area contributed by atoms with E-state index in [9.17, 15) is 9.59 Å². The normalized spacial score (nSPS) is 16.4. The molecule has 5 heteroatoms. The highest BCUT2D eigenvalue weighted by Crippen LogP contribution is 2.34. The zero-order chi connectivity index (χ0) is 14.6. The number of carbonyl (C=O) groups is 2. The maximum Gasteiger partial charge on any atom is 0.237 e. The maximum atomic E-state index is 11.9. The van der Waals surface area contributed by atoms with Crippen LogP contribution in [-0.2, 0) is 16.0 Å². The molecule has 0 fully saturated rings. The summed E-state index contributed by atoms with van der Waals surface area (Å²) in [5.74, 6) is -0.106. The van der Waals surface area contributed by atoms with Crippen LogP contribution < -0.4 is 10.6 Å². The molecule has 0 saturated heterocycles. The van der Waals surface area contributed by atoms with Crippen LogP contribution in [0.3, 0.4) is 0 Å². The van der Waals surface area contributed by atoms with Crippen LogP contribution in [0.15, 0.2) is 18.2 Å². The number of hydrogen-bond acceptors (Lipinski definition) is 4. The SMILES string of the molecule is CC.CC(=O)C1Cc2ccc(N)cc2N1C(=O)CS. The number of anilines is 2. The average Bonchev–Trinajstić information content (AvgIpc) is 2.79. The van der Waals surface area contributed by atoms with Crippen molar-refractivity contribution < 1.29 is 9.59 Å². The van der Waals surface area contributed by atoms with E-state index in [0.717, 1.165) is 11.3 Å². The van der Waals surface area contributed by atoms with Crippen molar-refractivity contribution >= 4 is 35.7 Å². The Balaban J connectivity index is 0.000000861. The van der Waals surface area contributed by atoms with Crippen molar-refractivity contribution in [2.45, 2.75) is 33.2 Å². The molecule has 0 bridgehead atoms. The zero-order valence-electron chi connectivity index (χ0n) is 11.5. The molecule has 0 spiro atoms. The van der Waals surface area contributed by atoms with Crippen LogP contribution in [0.1, 0.15) is 26.3 Å². The van der Waals surface area contributed by atoms with Crippen LogP contribution in [0.2, 0.25) is 0 Å². The molecule has 2 rings (SSSR count). The van der Waals surface area contributed by atoms with Gasteiger partial charge in [-0.15, -0.1) is 0 Å². The number of hydrogen-bond donors (Lipinski definition) is 2. The van der Waals surface area contributed by atoms with E-state index in [2.05, 4.69) is 12.6 Å². The lowest BCUT2D eigenvalue weighted by molar-refractivity contribution is -0.122. The predicted molar refractivity (Wildman–Crippen MR) is 81.7 cm³/mol. The van der Waals surface area contributed by atoms with Gasteiger partial charge in [0.2, 0.25) is 5.91 Å². The van der Waals surface area contributed by atoms with E-state index in [1.165, 1.54) is 11.8 Å². The number of amides is 1. The van der Waals surface area contributed by atoms with Crippen molar-refractivity contribution in [3.05, 3.63) is 23.8 Å². The molecule has 2 N–H and O–H groups in total. The Hall–Kier alpha value is -1.49. The van der Waals surface area contributed by atoms with E-state index in [4.69, 9.17) is 5.73 Å². The number of benzene rings is 1. The molecule has 1 atom stereocenters. The molecule has 1 amide bonds. The largest absolute Gasteiger partial charge is 0.399 e. The van der Waals surface area contributed by atoms with E-state index >= 15 is 0 Å². The van der Waals surface area contributed by atoms with Gasteiger partial charge in [0.1, 0.15) is 0 Å². The molecule has 1 aromatic rings. The quantitative estimate of drug-likeness (QED) is 0.644. The zero-order valence-corrected chi connectivity index (χ0v) is 12.4. The Morgan fingerprint density at radius 1 is 1.42 bits per heavy atom. The van der Waals surface area contributed by atoms with Crippen molar-refractivity contribution in [1.82, 2.24) is 0 Å². The summed E-state index contributed by atoms with van der Waals surface area (Å²) >= 11 is 3.98. The lowest BCUT2D eigenvalue weighted by Gasteiger charge is -2.23. The Morgan fingerprint density at radius 3 is 2.58 bits per heavy atom. The molecular weight excluding hydrogens is 260 g/mol. The van der Waals surface area contributed by atoms with Gasteiger partial charge in [-0.05, 0) is 24.6 Å². The minimum atomic E-state index is -0.411. The van der Waals surface area contributed by atoms with Gasteiger partial charge in [0, 0.05) is 17.8 Å². The fourth-order valence-electron chi connectivity index (χ4n) is 2.16. The number of nitrogen functional groups attached to an aromatic ring is 1. The Morgan fingerprint density at radius 2 is 2.05 bits per heavy atom. The standard InChI is InChI=1S/C12H14N2O2S.C2H6/c1-7(15)10-4-8-2-3-9(13)5-11(8)14(10)12(16)6-17;1-2/h2-3,5,10,17H,4,6,13H2,1H3;1-2H3. The molecule has 1 heterocycles. The Bertz CT molecular complexity index is 488. The number of nitrogens with two attached hydrogens (primary N) is 1. The van der Waals surface area contributed by atoms with E-state index in [1.54, 1.807) is 12.1 Å². The van der Waals surface area contributed by atoms with Gasteiger partial charge in [-0.2, -0.15) is 12.6 Å². The Labute approximate surface area is 119 Å². The highest BCUT2D eigenvalue weighted by Gasteiger charge is 2.35. The van der Waals surface area contributed by atoms with Gasteiger partial charge in [-0.1, -0.05) is 19.9 Å². The molecule has 1 aliphatic rings. The molecule has 1 aliphatic heterocycles. The summed E-state index contributed by atoms with van der Waals surface area (Å²) in [5.41, 5.74) is 8.02. The topological polar surface area (TPSA) is 63.4 Å². The summed E-state index contributed by atoms with van der Waals surface area (Å²) in [6.45, 7) is 5.50. The third kappa shape index (κ3) is 3.10. The summed E-state index contributed by atoms with van der Waals surface area (Å²) in [6.07, 6.45) is 0.560. The lowest BCUT2D eigenvalue weighted by Crippen LogP contribution is -2.42. The first kappa shape index (κ1) is 15.6. The van der Waals surface area contributed by atoms with Crippen molar-refractivity contribution in [3.8, 4) is 0 Å². The van der Waals surface area contributed by atoms with Gasteiger partial charge >= 0.3 is 0 Å². The van der Waals surface area contributed by atoms with Crippen LogP contribution in [0.25, 0.3) is 0 Å². The number of rotatable bonds is 2. The van der Waals surface area contributed by atoms with Crippen LogP contribution in [0.4, 0.5) is 11.4 Å². The van der Waals surface area contributed by atoms with Gasteiger partial charge < -0.3 is 10.6 Å². The van der Waals surface area contributed by atoms with Gasteiger partial charge in [0.25, 0.3) is 0 Å². The first-order chi connectivity index (χ1) is 9.04. The molecule has 0 aromatic heterocycles. The van der Waals surface area contributed by atoms with Crippen molar-refractivity contribution in [1.29, 1.82) is 0 Å². The van der Waals surface area contributed by atoms with Crippen molar-refractivity contribution in [2.75, 3.05) is 16.4 Å². The van der Waals surface area contributed by atoms with E-state index in [1.807, 2.05) is 19.9 Å². The molecule has 0 saturated carbocycles. The van der Waals surface area contributed by atoms with Crippen LogP contribution in [0, 0.1) is 0 Å². The molecule has 19 heavy (non-hydrogen) atoms. The number of Topliss-reactive ketones (excluding diaryl/α,β-unsaturated/α-hetero) is 1. The second-order valence-corrected chi connectivity index (χ2v) is 4.46. The summed E-state index contributed by atoms with van der Waals surface area (Å²) in [5, 5.41) is 0. The van der Waals surface area contributed by atoms with E-state index < -0.39 is 6.04 Å². The third-order valence-electron chi connectivity index (χ3n) is 2.97. The lowest BCUT2D eigenvalue weighted by atomic mass is 10.1. The first-order valence-corrected chi connectivity index (χ1v) is 6.99. The average molecular weight is 280 g/mol. The van der Waals surface area contributed by atoms with Crippen LogP contribution >= 0.6 is 12.6 Å². The maximum absolute atomic E-state index is 11.9. The molecule has 104 valence electrons. The Kier molecular flexibility index (Phi) is 5.42. The highest BCUT2D eigenvalue weighted by molar-refractivity contribution is 7.81. The first-order valence-electron chi connectivity index (χ1n) is 6.36. The summed E-state index contributed by atoms with van der Waals surface area (Å²) in [4.78, 5) is 25.0. The van der Waals surface area contributed by atoms with E-state index in [0.29, 0.717) is 12.1 Å². The number of thiol groups is 1. The van der Waals surface area contributed by atoms with Crippen molar-refractivity contribution in [2.24, 2.45) is 0 Å². The van der Waals surface area contributed by atoms with Crippen molar-refractivity contribution in [3.63, 3.8) is 0 Å². The van der Waals surface area contributed by atoms with Crippen LogP contribution in [-0.4, -0.2) is 23.5 Å².